The fourth-order valence-corrected chi connectivity index (χ4v) is 4.09. The Morgan fingerprint density at radius 1 is 0.743 bits per heavy atom. The lowest BCUT2D eigenvalue weighted by Crippen LogP contribution is -2.26. The quantitative estimate of drug-likeness (QED) is 0.383. The lowest BCUT2D eigenvalue weighted by molar-refractivity contribution is -0.152. The van der Waals surface area contributed by atoms with Crippen molar-refractivity contribution in [3.8, 4) is 0 Å². The Hall–Kier alpha value is -3.10. The van der Waals surface area contributed by atoms with E-state index in [0.717, 1.165) is 22.3 Å². The summed E-state index contributed by atoms with van der Waals surface area (Å²) in [5.41, 5.74) is 3.94. The van der Waals surface area contributed by atoms with Crippen LogP contribution < -0.4 is 10.6 Å². The van der Waals surface area contributed by atoms with Gasteiger partial charge in [0.1, 0.15) is 0 Å². The molecule has 2 rings (SSSR count). The van der Waals surface area contributed by atoms with Gasteiger partial charge in [0.2, 0.25) is 0 Å². The number of hydrogen-bond acceptors (Lipinski definition) is 6. The smallest absolute Gasteiger partial charge is 0.397 e. The highest BCUT2D eigenvalue weighted by Crippen LogP contribution is 2.33. The zero-order chi connectivity index (χ0) is 26.1. The Balaban J connectivity index is 2.38. The number of rotatable bonds is 8. The first-order valence-corrected chi connectivity index (χ1v) is 12.0. The van der Waals surface area contributed by atoms with Crippen molar-refractivity contribution < 1.29 is 28.7 Å². The molecule has 0 heterocycles. The molecular formula is C25H28Cl2N2O6. The summed E-state index contributed by atoms with van der Waals surface area (Å²) in [6.45, 7) is 7.20. The van der Waals surface area contributed by atoms with Crippen LogP contribution >= 0.6 is 23.2 Å². The van der Waals surface area contributed by atoms with Crippen molar-refractivity contribution in [2.45, 2.75) is 47.0 Å². The molecular weight excluding hydrogens is 495 g/mol. The maximum atomic E-state index is 12.2. The van der Waals surface area contributed by atoms with Crippen molar-refractivity contribution in [1.82, 2.24) is 0 Å². The summed E-state index contributed by atoms with van der Waals surface area (Å²) in [4.78, 5) is 47.8. The van der Waals surface area contributed by atoms with Gasteiger partial charge in [0.25, 0.3) is 0 Å². The average molecular weight is 523 g/mol. The maximum absolute atomic E-state index is 12.2. The molecule has 0 unspecified atom stereocenters. The number of hydrogen-bond donors (Lipinski definition) is 2. The van der Waals surface area contributed by atoms with Gasteiger partial charge in [-0.25, -0.2) is 9.59 Å². The molecule has 2 amide bonds. The minimum atomic E-state index is -0.990. The van der Waals surface area contributed by atoms with E-state index in [1.807, 2.05) is 26.0 Å². The molecule has 8 nitrogen and oxygen atoms in total. The molecule has 0 aromatic heterocycles. The summed E-state index contributed by atoms with van der Waals surface area (Å²) in [7, 11) is 0. The molecule has 0 atom stereocenters. The Morgan fingerprint density at radius 3 is 1.83 bits per heavy atom. The highest BCUT2D eigenvalue weighted by molar-refractivity contribution is 6.40. The fourth-order valence-electron chi connectivity index (χ4n) is 3.56. The van der Waals surface area contributed by atoms with E-state index in [0.29, 0.717) is 35.7 Å². The molecule has 0 saturated carbocycles. The Kier molecular flexibility index (Phi) is 10.5. The van der Waals surface area contributed by atoms with Gasteiger partial charge in [-0.15, -0.1) is 0 Å². The van der Waals surface area contributed by atoms with Gasteiger partial charge in [0, 0.05) is 0 Å². The van der Waals surface area contributed by atoms with Crippen molar-refractivity contribution >= 4 is 58.3 Å². The Labute approximate surface area is 214 Å². The first-order chi connectivity index (χ1) is 16.7. The molecule has 2 aromatic carbocycles. The Morgan fingerprint density at radius 2 is 1.31 bits per heavy atom. The number of nitrogens with one attached hydrogen (secondary N) is 2. The summed E-state index contributed by atoms with van der Waals surface area (Å²) >= 11 is 12.8. The number of anilines is 2. The normalized spacial score (nSPS) is 10.5. The number of esters is 2. The number of benzene rings is 2. The molecule has 0 fully saturated rings. The third-order valence-corrected chi connectivity index (χ3v) is 5.73. The molecule has 10 heteroatoms. The van der Waals surface area contributed by atoms with Crippen LogP contribution in [0.4, 0.5) is 11.4 Å². The predicted octanol–water partition coefficient (Wildman–Crippen LogP) is 4.71. The molecule has 0 aliphatic heterocycles. The van der Waals surface area contributed by atoms with Crippen LogP contribution in [0.1, 0.15) is 49.9 Å². The van der Waals surface area contributed by atoms with E-state index >= 15 is 0 Å². The third kappa shape index (κ3) is 7.19. The number of aryl methyl sites for hydroxylation is 1. The van der Waals surface area contributed by atoms with Crippen LogP contribution in [-0.2, 0) is 47.9 Å². The lowest BCUT2D eigenvalue weighted by Gasteiger charge is -2.18. The third-order valence-electron chi connectivity index (χ3n) is 5.12. The molecule has 0 spiro atoms. The van der Waals surface area contributed by atoms with Gasteiger partial charge in [-0.3, -0.25) is 9.59 Å². The van der Waals surface area contributed by atoms with Crippen LogP contribution in [0, 0.1) is 0 Å². The van der Waals surface area contributed by atoms with Crippen LogP contribution in [0.15, 0.2) is 24.3 Å². The second kappa shape index (κ2) is 13.1. The van der Waals surface area contributed by atoms with E-state index in [4.69, 9.17) is 32.7 Å². The first kappa shape index (κ1) is 28.1. The summed E-state index contributed by atoms with van der Waals surface area (Å²) in [5, 5.41) is 5.67. The van der Waals surface area contributed by atoms with E-state index in [-0.39, 0.29) is 18.2 Å². The zero-order valence-corrected chi connectivity index (χ0v) is 21.6. The molecule has 0 saturated heterocycles. The Bertz CT molecular complexity index is 1130. The zero-order valence-electron chi connectivity index (χ0n) is 20.1. The molecule has 0 aliphatic carbocycles. The van der Waals surface area contributed by atoms with Crippen molar-refractivity contribution in [2.75, 3.05) is 23.8 Å². The van der Waals surface area contributed by atoms with Crippen LogP contribution in [0.2, 0.25) is 10.0 Å². The fraction of sp³-hybridized carbons (Fsp3) is 0.360. The summed E-state index contributed by atoms with van der Waals surface area (Å²) in [6.07, 6.45) is 1.53. The second-order valence-corrected chi connectivity index (χ2v) is 8.22. The van der Waals surface area contributed by atoms with E-state index in [1.165, 1.54) is 0 Å². The summed E-state index contributed by atoms with van der Waals surface area (Å²) in [5.74, 6) is -3.78. The minimum absolute atomic E-state index is 0.0808. The maximum Gasteiger partial charge on any atom is 0.397 e. The molecule has 35 heavy (non-hydrogen) atoms. The predicted molar refractivity (Wildman–Crippen MR) is 135 cm³/mol. The standard InChI is InChI=1S/C25H28Cl2N2O6/c1-5-15-11-14(13-19(27)20(15)28-22(30)24(32)34-7-3)12-16-9-10-18(26)21(17(16)6-2)29-23(31)25(33)35-8-4/h9-11,13H,5-8,12H2,1-4H3,(H,28,30)(H,29,31). The van der Waals surface area contributed by atoms with Gasteiger partial charge in [0.15, 0.2) is 0 Å². The number of carbonyl (C=O) groups excluding carboxylic acids is 4. The largest absolute Gasteiger partial charge is 0.459 e. The first-order valence-electron chi connectivity index (χ1n) is 11.2. The molecule has 2 aromatic rings. The highest BCUT2D eigenvalue weighted by Gasteiger charge is 2.21. The van der Waals surface area contributed by atoms with E-state index in [1.54, 1.807) is 26.0 Å². The summed E-state index contributed by atoms with van der Waals surface area (Å²) in [6, 6.07) is 7.08. The molecule has 0 aliphatic rings. The van der Waals surface area contributed by atoms with E-state index < -0.39 is 23.8 Å². The van der Waals surface area contributed by atoms with Crippen LogP contribution in [-0.4, -0.2) is 37.0 Å². The van der Waals surface area contributed by atoms with E-state index in [2.05, 4.69) is 10.6 Å². The van der Waals surface area contributed by atoms with Crippen molar-refractivity contribution in [3.05, 3.63) is 56.6 Å². The SMILES string of the molecule is CCOC(=O)C(=O)Nc1c(Cl)cc(Cc2ccc(Cl)c(NC(=O)C(=O)OCC)c2CC)cc1CC. The molecule has 2 N–H and O–H groups in total. The monoisotopic (exact) mass is 522 g/mol. The minimum Gasteiger partial charge on any atom is -0.459 e. The molecule has 0 radical (unpaired) electrons. The van der Waals surface area contributed by atoms with Crippen molar-refractivity contribution in [1.29, 1.82) is 0 Å². The molecule has 188 valence electrons. The van der Waals surface area contributed by atoms with Gasteiger partial charge >= 0.3 is 23.8 Å². The number of amides is 2. The molecule has 0 bridgehead atoms. The highest BCUT2D eigenvalue weighted by atomic mass is 35.5. The number of halogens is 2. The van der Waals surface area contributed by atoms with Crippen molar-refractivity contribution in [3.63, 3.8) is 0 Å². The van der Waals surface area contributed by atoms with Crippen LogP contribution in [0.3, 0.4) is 0 Å². The number of ether oxygens (including phenoxy) is 2. The van der Waals surface area contributed by atoms with Crippen LogP contribution in [0.25, 0.3) is 0 Å². The topological polar surface area (TPSA) is 111 Å². The summed E-state index contributed by atoms with van der Waals surface area (Å²) < 4.78 is 9.48. The van der Waals surface area contributed by atoms with Gasteiger partial charge in [-0.05, 0) is 67.5 Å². The number of carbonyl (C=O) groups is 4. The second-order valence-electron chi connectivity index (χ2n) is 7.40. The average Bonchev–Trinajstić information content (AvgIpc) is 2.82. The van der Waals surface area contributed by atoms with Gasteiger partial charge in [-0.2, -0.15) is 0 Å². The lowest BCUT2D eigenvalue weighted by atomic mass is 9.95. The van der Waals surface area contributed by atoms with Crippen LogP contribution in [0.5, 0.6) is 0 Å². The van der Waals surface area contributed by atoms with Crippen molar-refractivity contribution in [2.24, 2.45) is 0 Å². The van der Waals surface area contributed by atoms with Gasteiger partial charge in [-0.1, -0.05) is 49.2 Å². The van der Waals surface area contributed by atoms with Gasteiger partial charge in [0.05, 0.1) is 34.6 Å². The van der Waals surface area contributed by atoms with E-state index in [9.17, 15) is 19.2 Å². The van der Waals surface area contributed by atoms with Gasteiger partial charge < -0.3 is 20.1 Å².